The van der Waals surface area contributed by atoms with Gasteiger partial charge in [0.15, 0.2) is 5.78 Å². The molecule has 0 unspecified atom stereocenters. The van der Waals surface area contributed by atoms with Crippen molar-refractivity contribution in [2.45, 2.75) is 12.6 Å². The van der Waals surface area contributed by atoms with Gasteiger partial charge in [-0.05, 0) is 11.5 Å². The van der Waals surface area contributed by atoms with E-state index in [-0.39, 0.29) is 18.8 Å². The molecule has 1 aromatic heterocycles. The molecule has 2 aromatic rings. The molecule has 0 aliphatic heterocycles. The van der Waals surface area contributed by atoms with Crippen LogP contribution in [-0.4, -0.2) is 30.2 Å². The maximum atomic E-state index is 12.0. The van der Waals surface area contributed by atoms with E-state index in [1.807, 2.05) is 6.07 Å². The van der Waals surface area contributed by atoms with E-state index in [1.54, 1.807) is 30.6 Å². The molecule has 0 aliphatic rings. The van der Waals surface area contributed by atoms with Gasteiger partial charge in [-0.2, -0.15) is 13.2 Å². The Morgan fingerprint density at radius 2 is 2.05 bits per heavy atom. The number of hydrogen-bond donors (Lipinski definition) is 0. The van der Waals surface area contributed by atoms with Crippen molar-refractivity contribution in [3.8, 4) is 0 Å². The number of nitrogens with zero attached hydrogens (tertiary/aromatic N) is 1. The van der Waals surface area contributed by atoms with Crippen molar-refractivity contribution in [1.82, 2.24) is 4.98 Å². The third kappa shape index (κ3) is 3.77. The average Bonchev–Trinajstić information content (AvgIpc) is 2.41. The lowest BCUT2D eigenvalue weighted by atomic mass is 10.0. The third-order valence-corrected chi connectivity index (χ3v) is 2.72. The predicted molar refractivity (Wildman–Crippen MR) is 67.6 cm³/mol. The lowest BCUT2D eigenvalue weighted by Gasteiger charge is -2.08. The van der Waals surface area contributed by atoms with Gasteiger partial charge in [0.25, 0.3) is 0 Å². The fourth-order valence-electron chi connectivity index (χ4n) is 1.85. The summed E-state index contributed by atoms with van der Waals surface area (Å²) in [4.78, 5) is 16.0. The summed E-state index contributed by atoms with van der Waals surface area (Å²) in [6, 6.07) is 6.89. The highest BCUT2D eigenvalue weighted by atomic mass is 19.4. The molecule has 0 fully saturated rings. The lowest BCUT2D eigenvalue weighted by Crippen LogP contribution is -2.18. The summed E-state index contributed by atoms with van der Waals surface area (Å²) in [7, 11) is 0. The number of ketones is 1. The number of carbonyl (C=O) groups is 1. The number of Topliss-reactive ketones (excluding diaryl/α,β-unsaturated/α-hetero) is 1. The second kappa shape index (κ2) is 6.00. The van der Waals surface area contributed by atoms with Gasteiger partial charge in [-0.1, -0.05) is 18.2 Å². The zero-order chi connectivity index (χ0) is 14.6. The molecule has 2 rings (SSSR count). The van der Waals surface area contributed by atoms with Crippen LogP contribution in [-0.2, 0) is 4.74 Å². The molecule has 1 heterocycles. The van der Waals surface area contributed by atoms with Crippen LogP contribution in [0, 0.1) is 0 Å². The van der Waals surface area contributed by atoms with E-state index >= 15 is 0 Å². The van der Waals surface area contributed by atoms with Gasteiger partial charge < -0.3 is 4.74 Å². The van der Waals surface area contributed by atoms with E-state index in [0.717, 1.165) is 10.8 Å². The van der Waals surface area contributed by atoms with Crippen LogP contribution in [0.15, 0.2) is 36.7 Å². The minimum atomic E-state index is -4.37. The van der Waals surface area contributed by atoms with E-state index in [0.29, 0.717) is 5.56 Å². The molecule has 0 saturated carbocycles. The summed E-state index contributed by atoms with van der Waals surface area (Å²) < 4.78 is 40.1. The van der Waals surface area contributed by atoms with Gasteiger partial charge >= 0.3 is 6.18 Å². The minimum Gasteiger partial charge on any atom is -0.372 e. The van der Waals surface area contributed by atoms with E-state index in [2.05, 4.69) is 9.72 Å². The first-order valence-electron chi connectivity index (χ1n) is 5.98. The average molecular weight is 283 g/mol. The summed E-state index contributed by atoms with van der Waals surface area (Å²) in [5.41, 5.74) is 0.473. The van der Waals surface area contributed by atoms with Crippen LogP contribution in [0.25, 0.3) is 10.8 Å². The van der Waals surface area contributed by atoms with Crippen LogP contribution in [0.2, 0.25) is 0 Å². The van der Waals surface area contributed by atoms with Crippen LogP contribution in [0.4, 0.5) is 13.2 Å². The van der Waals surface area contributed by atoms with E-state index in [9.17, 15) is 18.0 Å². The van der Waals surface area contributed by atoms with Crippen LogP contribution in [0.1, 0.15) is 16.8 Å². The van der Waals surface area contributed by atoms with Crippen LogP contribution < -0.4 is 0 Å². The summed E-state index contributed by atoms with van der Waals surface area (Å²) in [6.07, 6.45) is -1.25. The second-order valence-corrected chi connectivity index (χ2v) is 4.24. The first-order chi connectivity index (χ1) is 9.47. The van der Waals surface area contributed by atoms with Crippen molar-refractivity contribution in [2.24, 2.45) is 0 Å². The number of fused-ring (bicyclic) bond motifs is 1. The Bertz CT molecular complexity index is 605. The van der Waals surface area contributed by atoms with Gasteiger partial charge in [-0.15, -0.1) is 0 Å². The number of ether oxygens (including phenoxy) is 1. The number of carbonyl (C=O) groups excluding carboxylic acids is 1. The van der Waals surface area contributed by atoms with Gasteiger partial charge in [0.05, 0.1) is 6.61 Å². The molecule has 106 valence electrons. The first kappa shape index (κ1) is 14.5. The molecule has 1 aromatic carbocycles. The number of rotatable bonds is 5. The number of pyridine rings is 1. The number of alkyl halides is 3. The van der Waals surface area contributed by atoms with Crippen molar-refractivity contribution in [3.63, 3.8) is 0 Å². The van der Waals surface area contributed by atoms with Crippen molar-refractivity contribution in [3.05, 3.63) is 42.2 Å². The van der Waals surface area contributed by atoms with E-state index in [4.69, 9.17) is 0 Å². The summed E-state index contributed by atoms with van der Waals surface area (Å²) >= 11 is 0. The zero-order valence-corrected chi connectivity index (χ0v) is 10.5. The van der Waals surface area contributed by atoms with Crippen LogP contribution in [0.5, 0.6) is 0 Å². The number of benzene rings is 1. The molecule has 0 bridgehead atoms. The molecule has 0 spiro atoms. The lowest BCUT2D eigenvalue weighted by molar-refractivity contribution is -0.173. The third-order valence-electron chi connectivity index (χ3n) is 2.72. The fraction of sp³-hybridized carbons (Fsp3) is 0.286. The topological polar surface area (TPSA) is 39.2 Å². The Kier molecular flexibility index (Phi) is 4.34. The van der Waals surface area contributed by atoms with Crippen molar-refractivity contribution in [2.75, 3.05) is 13.2 Å². The summed E-state index contributed by atoms with van der Waals surface area (Å²) in [6.45, 7) is -1.58. The Labute approximate surface area is 113 Å². The second-order valence-electron chi connectivity index (χ2n) is 4.24. The van der Waals surface area contributed by atoms with E-state index in [1.165, 1.54) is 0 Å². The van der Waals surface area contributed by atoms with Gasteiger partial charge in [-0.3, -0.25) is 9.78 Å². The largest absolute Gasteiger partial charge is 0.411 e. The van der Waals surface area contributed by atoms with Gasteiger partial charge in [0.1, 0.15) is 6.61 Å². The highest BCUT2D eigenvalue weighted by Crippen LogP contribution is 2.19. The highest BCUT2D eigenvalue weighted by Gasteiger charge is 2.27. The standard InChI is InChI=1S/C14H12F3NO2/c15-14(16,17)9-20-7-5-13(19)12-3-1-2-10-8-18-6-4-11(10)12/h1-4,6,8H,5,7,9H2. The summed E-state index contributed by atoms with van der Waals surface area (Å²) in [5, 5.41) is 1.55. The molecule has 0 aliphatic carbocycles. The summed E-state index contributed by atoms with van der Waals surface area (Å²) in [5.74, 6) is -0.246. The maximum absolute atomic E-state index is 12.0. The molecule has 0 saturated heterocycles. The van der Waals surface area contributed by atoms with Crippen LogP contribution in [0.3, 0.4) is 0 Å². The molecular formula is C14H12F3NO2. The Balaban J connectivity index is 2.01. The maximum Gasteiger partial charge on any atom is 0.411 e. The fourth-order valence-corrected chi connectivity index (χ4v) is 1.85. The smallest absolute Gasteiger partial charge is 0.372 e. The molecule has 0 N–H and O–H groups in total. The van der Waals surface area contributed by atoms with Crippen molar-refractivity contribution in [1.29, 1.82) is 0 Å². The number of aromatic nitrogens is 1. The molecule has 0 atom stereocenters. The highest BCUT2D eigenvalue weighted by molar-refractivity contribution is 6.07. The number of hydrogen-bond acceptors (Lipinski definition) is 3. The van der Waals surface area contributed by atoms with Gasteiger partial charge in [-0.25, -0.2) is 0 Å². The Morgan fingerprint density at radius 1 is 1.25 bits per heavy atom. The van der Waals surface area contributed by atoms with Gasteiger partial charge in [0.2, 0.25) is 0 Å². The molecule has 20 heavy (non-hydrogen) atoms. The predicted octanol–water partition coefficient (Wildman–Crippen LogP) is 3.39. The zero-order valence-electron chi connectivity index (χ0n) is 10.5. The van der Waals surface area contributed by atoms with Crippen molar-refractivity contribution >= 4 is 16.6 Å². The van der Waals surface area contributed by atoms with Gasteiger partial charge in [0, 0.05) is 29.8 Å². The SMILES string of the molecule is O=C(CCOCC(F)(F)F)c1cccc2cnccc12. The van der Waals surface area contributed by atoms with Crippen molar-refractivity contribution < 1.29 is 22.7 Å². The Hall–Kier alpha value is -1.95. The minimum absolute atomic E-state index is 0.0858. The first-order valence-corrected chi connectivity index (χ1v) is 5.98. The monoisotopic (exact) mass is 283 g/mol. The molecule has 0 amide bonds. The molecule has 6 heteroatoms. The van der Waals surface area contributed by atoms with Crippen LogP contribution >= 0.6 is 0 Å². The Morgan fingerprint density at radius 3 is 2.80 bits per heavy atom. The normalized spacial score (nSPS) is 11.8. The molecule has 0 radical (unpaired) electrons. The van der Waals surface area contributed by atoms with E-state index < -0.39 is 12.8 Å². The quantitative estimate of drug-likeness (QED) is 0.623. The number of halogens is 3. The molecule has 3 nitrogen and oxygen atoms in total. The molecular weight excluding hydrogens is 271 g/mol.